The lowest BCUT2D eigenvalue weighted by Crippen LogP contribution is -2.55. The maximum atomic E-state index is 14.1. The highest BCUT2D eigenvalue weighted by molar-refractivity contribution is 7.92. The summed E-state index contributed by atoms with van der Waals surface area (Å²) >= 11 is 12.2. The van der Waals surface area contributed by atoms with Gasteiger partial charge in [0.25, 0.3) is 10.0 Å². The average Bonchev–Trinajstić information content (AvgIpc) is 2.87. The van der Waals surface area contributed by atoms with Crippen LogP contribution in [0.4, 0.5) is 5.69 Å². The third kappa shape index (κ3) is 8.22. The van der Waals surface area contributed by atoms with Crippen LogP contribution in [-0.4, -0.2) is 43.3 Å². The standard InChI is InChI=1S/C30H35Cl2N3O4S/c1-6-27(29(37)33-30(3,4)5)34(19-22-12-10-21(2)11-13-22)28(36)20-35(25-9-7-8-24(32)18-25)40(38,39)26-16-14-23(31)15-17-26/h7-18,27H,6,19-20H2,1-5H3,(H,33,37)/t27-/m0/s1. The quantitative estimate of drug-likeness (QED) is 0.298. The number of sulfonamides is 1. The van der Waals surface area contributed by atoms with Gasteiger partial charge in [-0.15, -0.1) is 0 Å². The monoisotopic (exact) mass is 603 g/mol. The van der Waals surface area contributed by atoms with Crippen LogP contribution in [0.2, 0.25) is 10.0 Å². The number of anilines is 1. The highest BCUT2D eigenvalue weighted by atomic mass is 35.5. The van der Waals surface area contributed by atoms with Gasteiger partial charge >= 0.3 is 0 Å². The second kappa shape index (κ2) is 13.1. The van der Waals surface area contributed by atoms with Gasteiger partial charge in [-0.3, -0.25) is 13.9 Å². The third-order valence-electron chi connectivity index (χ3n) is 6.13. The lowest BCUT2D eigenvalue weighted by atomic mass is 10.1. The van der Waals surface area contributed by atoms with E-state index in [9.17, 15) is 18.0 Å². The van der Waals surface area contributed by atoms with Gasteiger partial charge < -0.3 is 10.2 Å². The molecule has 2 amide bonds. The molecule has 3 aromatic carbocycles. The number of halogens is 2. The average molecular weight is 605 g/mol. The lowest BCUT2D eigenvalue weighted by molar-refractivity contribution is -0.141. The topological polar surface area (TPSA) is 86.8 Å². The second-order valence-electron chi connectivity index (χ2n) is 10.6. The molecule has 10 heteroatoms. The molecule has 0 saturated carbocycles. The van der Waals surface area contributed by atoms with Gasteiger partial charge in [0, 0.05) is 22.1 Å². The van der Waals surface area contributed by atoms with Crippen LogP contribution in [0.15, 0.2) is 77.7 Å². The van der Waals surface area contributed by atoms with Crippen molar-refractivity contribution < 1.29 is 18.0 Å². The summed E-state index contributed by atoms with van der Waals surface area (Å²) in [7, 11) is -4.21. The van der Waals surface area contributed by atoms with E-state index in [0.717, 1.165) is 15.4 Å². The molecule has 214 valence electrons. The fraction of sp³-hybridized carbons (Fsp3) is 0.333. The van der Waals surface area contributed by atoms with Gasteiger partial charge in [0.15, 0.2) is 0 Å². The summed E-state index contributed by atoms with van der Waals surface area (Å²) in [6, 6.07) is 18.8. The normalized spacial score (nSPS) is 12.5. The first-order chi connectivity index (χ1) is 18.7. The lowest BCUT2D eigenvalue weighted by Gasteiger charge is -2.34. The van der Waals surface area contributed by atoms with Crippen molar-refractivity contribution in [1.82, 2.24) is 10.2 Å². The minimum Gasteiger partial charge on any atom is -0.350 e. The molecule has 0 aliphatic heterocycles. The summed E-state index contributed by atoms with van der Waals surface area (Å²) in [5.74, 6) is -0.848. The molecule has 3 rings (SSSR count). The maximum Gasteiger partial charge on any atom is 0.264 e. The van der Waals surface area contributed by atoms with E-state index in [1.165, 1.54) is 35.2 Å². The van der Waals surface area contributed by atoms with Crippen molar-refractivity contribution >= 4 is 50.7 Å². The summed E-state index contributed by atoms with van der Waals surface area (Å²) < 4.78 is 28.7. The van der Waals surface area contributed by atoms with Crippen molar-refractivity contribution in [1.29, 1.82) is 0 Å². The van der Waals surface area contributed by atoms with E-state index in [0.29, 0.717) is 16.5 Å². The number of hydrogen-bond donors (Lipinski definition) is 1. The maximum absolute atomic E-state index is 14.1. The fourth-order valence-corrected chi connectivity index (χ4v) is 5.87. The Hall–Kier alpha value is -3.07. The second-order valence-corrected chi connectivity index (χ2v) is 13.4. The van der Waals surface area contributed by atoms with Crippen LogP contribution >= 0.6 is 23.2 Å². The van der Waals surface area contributed by atoms with E-state index < -0.39 is 34.1 Å². The summed E-state index contributed by atoms with van der Waals surface area (Å²) in [5.41, 5.74) is 1.57. The van der Waals surface area contributed by atoms with Crippen molar-refractivity contribution in [2.45, 2.75) is 64.1 Å². The van der Waals surface area contributed by atoms with Crippen molar-refractivity contribution in [2.24, 2.45) is 0 Å². The number of nitrogens with one attached hydrogen (secondary N) is 1. The molecule has 0 fully saturated rings. The van der Waals surface area contributed by atoms with E-state index in [2.05, 4.69) is 5.32 Å². The molecule has 40 heavy (non-hydrogen) atoms. The molecule has 0 aromatic heterocycles. The summed E-state index contributed by atoms with van der Waals surface area (Å²) in [5, 5.41) is 3.65. The molecule has 0 saturated heterocycles. The predicted octanol–water partition coefficient (Wildman–Crippen LogP) is 6.22. The zero-order valence-electron chi connectivity index (χ0n) is 23.3. The van der Waals surface area contributed by atoms with Gasteiger partial charge in [-0.1, -0.05) is 66.0 Å². The van der Waals surface area contributed by atoms with Gasteiger partial charge in [0.2, 0.25) is 11.8 Å². The molecule has 0 bridgehead atoms. The molecule has 0 aliphatic rings. The van der Waals surface area contributed by atoms with E-state index in [1.54, 1.807) is 18.2 Å². The molecule has 0 aliphatic carbocycles. The molecule has 0 unspecified atom stereocenters. The first kappa shape index (κ1) is 31.5. The minimum atomic E-state index is -4.21. The highest BCUT2D eigenvalue weighted by Crippen LogP contribution is 2.28. The molecule has 0 spiro atoms. The zero-order chi connectivity index (χ0) is 29.7. The summed E-state index contributed by atoms with van der Waals surface area (Å²) in [4.78, 5) is 28.8. The number of rotatable bonds is 10. The Kier molecular flexibility index (Phi) is 10.3. The smallest absolute Gasteiger partial charge is 0.264 e. The van der Waals surface area contributed by atoms with Crippen LogP contribution in [0.5, 0.6) is 0 Å². The van der Waals surface area contributed by atoms with Crippen molar-refractivity contribution in [3.05, 3.63) is 94.0 Å². The Morgan fingerprint density at radius 1 is 0.925 bits per heavy atom. The van der Waals surface area contributed by atoms with E-state index in [4.69, 9.17) is 23.2 Å². The SMILES string of the molecule is CC[C@@H](C(=O)NC(C)(C)C)N(Cc1ccc(C)cc1)C(=O)CN(c1cccc(Cl)c1)S(=O)(=O)c1ccc(Cl)cc1. The molecular formula is C30H35Cl2N3O4S. The number of nitrogens with zero attached hydrogens (tertiary/aromatic N) is 2. The van der Waals surface area contributed by atoms with E-state index in [-0.39, 0.29) is 23.0 Å². The summed E-state index contributed by atoms with van der Waals surface area (Å²) in [6.07, 6.45) is 0.334. The van der Waals surface area contributed by atoms with Gasteiger partial charge in [0.05, 0.1) is 10.6 Å². The van der Waals surface area contributed by atoms with Crippen LogP contribution in [0.25, 0.3) is 0 Å². The van der Waals surface area contributed by atoms with Gasteiger partial charge in [-0.05, 0) is 82.1 Å². The number of benzene rings is 3. The fourth-order valence-electron chi connectivity index (χ4n) is 4.16. The number of hydrogen-bond acceptors (Lipinski definition) is 4. The van der Waals surface area contributed by atoms with Crippen molar-refractivity contribution in [2.75, 3.05) is 10.8 Å². The third-order valence-corrected chi connectivity index (χ3v) is 8.41. The number of carbonyl (C=O) groups is 2. The largest absolute Gasteiger partial charge is 0.350 e. The van der Waals surface area contributed by atoms with Crippen LogP contribution in [-0.2, 0) is 26.2 Å². The Bertz CT molecular complexity index is 1440. The number of carbonyl (C=O) groups excluding carboxylic acids is 2. The Labute approximate surface area is 247 Å². The number of amides is 2. The summed E-state index contributed by atoms with van der Waals surface area (Å²) in [6.45, 7) is 8.95. The van der Waals surface area contributed by atoms with Crippen LogP contribution < -0.4 is 9.62 Å². The number of aryl methyl sites for hydroxylation is 1. The Morgan fingerprint density at radius 2 is 1.55 bits per heavy atom. The predicted molar refractivity (Wildman–Crippen MR) is 161 cm³/mol. The first-order valence-corrected chi connectivity index (χ1v) is 15.1. The van der Waals surface area contributed by atoms with Gasteiger partial charge in [-0.2, -0.15) is 0 Å². The molecule has 7 nitrogen and oxygen atoms in total. The first-order valence-electron chi connectivity index (χ1n) is 12.9. The van der Waals surface area contributed by atoms with Gasteiger partial charge in [-0.25, -0.2) is 8.42 Å². The van der Waals surface area contributed by atoms with E-state index >= 15 is 0 Å². The molecular weight excluding hydrogens is 569 g/mol. The Balaban J connectivity index is 2.07. The minimum absolute atomic E-state index is 0.0349. The van der Waals surface area contributed by atoms with Crippen LogP contribution in [0.3, 0.4) is 0 Å². The Morgan fingerprint density at radius 3 is 2.10 bits per heavy atom. The zero-order valence-corrected chi connectivity index (χ0v) is 25.6. The van der Waals surface area contributed by atoms with E-state index in [1.807, 2.05) is 58.9 Å². The highest BCUT2D eigenvalue weighted by Gasteiger charge is 2.34. The van der Waals surface area contributed by atoms with Crippen LogP contribution in [0, 0.1) is 6.92 Å². The molecule has 0 heterocycles. The van der Waals surface area contributed by atoms with Crippen molar-refractivity contribution in [3.8, 4) is 0 Å². The van der Waals surface area contributed by atoms with Crippen molar-refractivity contribution in [3.63, 3.8) is 0 Å². The molecule has 0 radical (unpaired) electrons. The molecule has 3 aromatic rings. The van der Waals surface area contributed by atoms with Crippen LogP contribution in [0.1, 0.15) is 45.2 Å². The molecule has 1 atom stereocenters. The molecule has 1 N–H and O–H groups in total. The van der Waals surface area contributed by atoms with Gasteiger partial charge in [0.1, 0.15) is 12.6 Å².